The third-order valence-corrected chi connectivity index (χ3v) is 5.93. The number of rotatable bonds is 7. The number of Topliss-reactive ketones (excluding diaryl/α,β-unsaturated/α-hetero) is 1. The van der Waals surface area contributed by atoms with Crippen LogP contribution in [0.4, 0.5) is 4.39 Å². The molecular formula is C25H20ClFO5. The SMILES string of the molecule is COc1cc(OC)c2c(c1)O[C@](c1ccc(Cl)cc1)(C(CC=O)c1cccc(F)c1)C2=O. The maximum absolute atomic E-state index is 14.1. The van der Waals surface area contributed by atoms with Gasteiger partial charge in [0.25, 0.3) is 0 Å². The Bertz CT molecular complexity index is 1180. The minimum atomic E-state index is -1.64. The first-order valence-electron chi connectivity index (χ1n) is 9.89. The Labute approximate surface area is 189 Å². The molecule has 0 aromatic heterocycles. The van der Waals surface area contributed by atoms with Crippen LogP contribution in [0.1, 0.15) is 33.8 Å². The second kappa shape index (κ2) is 8.63. The van der Waals surface area contributed by atoms with Crippen molar-refractivity contribution in [1.29, 1.82) is 0 Å². The van der Waals surface area contributed by atoms with Gasteiger partial charge in [0.15, 0.2) is 0 Å². The number of aldehydes is 1. The topological polar surface area (TPSA) is 61.8 Å². The van der Waals surface area contributed by atoms with Crippen LogP contribution in [0.25, 0.3) is 0 Å². The maximum atomic E-state index is 14.1. The summed E-state index contributed by atoms with van der Waals surface area (Å²) in [7, 11) is 2.94. The van der Waals surface area contributed by atoms with E-state index >= 15 is 0 Å². The smallest absolute Gasteiger partial charge is 0.219 e. The van der Waals surface area contributed by atoms with Crippen LogP contribution >= 0.6 is 11.6 Å². The second-order valence-electron chi connectivity index (χ2n) is 7.39. The molecule has 0 radical (unpaired) electrons. The lowest BCUT2D eigenvalue weighted by Gasteiger charge is -2.35. The summed E-state index contributed by atoms with van der Waals surface area (Å²) in [5.41, 5.74) is -0.462. The van der Waals surface area contributed by atoms with Crippen molar-refractivity contribution in [3.63, 3.8) is 0 Å². The van der Waals surface area contributed by atoms with Gasteiger partial charge in [-0.2, -0.15) is 0 Å². The first-order chi connectivity index (χ1) is 15.4. The molecular weight excluding hydrogens is 435 g/mol. The van der Waals surface area contributed by atoms with Crippen LogP contribution in [0.5, 0.6) is 17.2 Å². The van der Waals surface area contributed by atoms with Crippen LogP contribution in [-0.2, 0) is 10.4 Å². The molecule has 0 aliphatic carbocycles. The molecule has 0 amide bonds. The predicted octanol–water partition coefficient (Wildman–Crippen LogP) is 5.34. The fourth-order valence-corrected chi connectivity index (χ4v) is 4.35. The molecule has 4 rings (SSSR count). The third kappa shape index (κ3) is 3.50. The molecule has 3 aromatic carbocycles. The van der Waals surface area contributed by atoms with Gasteiger partial charge in [-0.1, -0.05) is 35.9 Å². The number of halogens is 2. The molecule has 7 heteroatoms. The zero-order valence-electron chi connectivity index (χ0n) is 17.4. The van der Waals surface area contributed by atoms with Crippen LogP contribution in [-0.4, -0.2) is 26.3 Å². The molecule has 3 aromatic rings. The van der Waals surface area contributed by atoms with Gasteiger partial charge in [0, 0.05) is 35.1 Å². The van der Waals surface area contributed by atoms with E-state index in [0.29, 0.717) is 28.2 Å². The van der Waals surface area contributed by atoms with Gasteiger partial charge in [0.2, 0.25) is 11.4 Å². The zero-order valence-corrected chi connectivity index (χ0v) is 18.2. The average Bonchev–Trinajstić information content (AvgIpc) is 3.10. The van der Waals surface area contributed by atoms with Crippen molar-refractivity contribution >= 4 is 23.7 Å². The largest absolute Gasteiger partial charge is 0.496 e. The van der Waals surface area contributed by atoms with Crippen molar-refractivity contribution < 1.29 is 28.2 Å². The van der Waals surface area contributed by atoms with Crippen LogP contribution < -0.4 is 14.2 Å². The van der Waals surface area contributed by atoms with Crippen LogP contribution in [0.15, 0.2) is 60.7 Å². The fourth-order valence-electron chi connectivity index (χ4n) is 4.23. The first-order valence-corrected chi connectivity index (χ1v) is 10.3. The number of ether oxygens (including phenoxy) is 3. The van der Waals surface area contributed by atoms with Gasteiger partial charge in [-0.25, -0.2) is 4.39 Å². The number of hydrogen-bond donors (Lipinski definition) is 0. The highest BCUT2D eigenvalue weighted by Crippen LogP contribution is 2.53. The molecule has 0 saturated carbocycles. The number of benzene rings is 3. The fraction of sp³-hybridized carbons (Fsp3) is 0.200. The first kappa shape index (κ1) is 21.8. The number of carbonyl (C=O) groups excluding carboxylic acids is 2. The molecule has 2 atom stereocenters. The Balaban J connectivity index is 2.00. The van der Waals surface area contributed by atoms with Gasteiger partial charge in [-0.3, -0.25) is 4.79 Å². The molecule has 164 valence electrons. The van der Waals surface area contributed by atoms with Crippen molar-refractivity contribution in [2.75, 3.05) is 14.2 Å². The summed E-state index contributed by atoms with van der Waals surface area (Å²) in [4.78, 5) is 25.8. The summed E-state index contributed by atoms with van der Waals surface area (Å²) in [6, 6.07) is 15.6. The monoisotopic (exact) mass is 454 g/mol. The van der Waals surface area contributed by atoms with E-state index in [1.807, 2.05) is 0 Å². The molecule has 0 fully saturated rings. The molecule has 1 aliphatic heterocycles. The molecule has 1 unspecified atom stereocenters. The molecule has 0 bridgehead atoms. The molecule has 0 spiro atoms. The van der Waals surface area contributed by atoms with Gasteiger partial charge in [-0.05, 0) is 29.8 Å². The van der Waals surface area contributed by atoms with E-state index in [1.54, 1.807) is 42.5 Å². The van der Waals surface area contributed by atoms with E-state index in [2.05, 4.69) is 0 Å². The lowest BCUT2D eigenvalue weighted by atomic mass is 9.72. The van der Waals surface area contributed by atoms with E-state index in [4.69, 9.17) is 25.8 Å². The van der Waals surface area contributed by atoms with E-state index in [9.17, 15) is 14.0 Å². The zero-order chi connectivity index (χ0) is 22.9. The Morgan fingerprint density at radius 2 is 1.84 bits per heavy atom. The molecule has 32 heavy (non-hydrogen) atoms. The summed E-state index contributed by atoms with van der Waals surface area (Å²) < 4.78 is 31.3. The molecule has 0 saturated heterocycles. The van der Waals surface area contributed by atoms with E-state index in [-0.39, 0.29) is 23.5 Å². The predicted molar refractivity (Wildman–Crippen MR) is 117 cm³/mol. The summed E-state index contributed by atoms with van der Waals surface area (Å²) in [6.45, 7) is 0. The number of fused-ring (bicyclic) bond motifs is 1. The highest BCUT2D eigenvalue weighted by Gasteiger charge is 2.56. The minimum Gasteiger partial charge on any atom is -0.496 e. The number of ketones is 1. The molecule has 5 nitrogen and oxygen atoms in total. The summed E-state index contributed by atoms with van der Waals surface area (Å²) >= 11 is 6.09. The molecule has 0 N–H and O–H groups in total. The van der Waals surface area contributed by atoms with E-state index < -0.39 is 23.1 Å². The minimum absolute atomic E-state index is 0.0781. The summed E-state index contributed by atoms with van der Waals surface area (Å²) in [5.74, 6) is -0.708. The van der Waals surface area contributed by atoms with Crippen LogP contribution in [0, 0.1) is 5.82 Å². The summed E-state index contributed by atoms with van der Waals surface area (Å²) in [6.07, 6.45) is 0.621. The van der Waals surface area contributed by atoms with Crippen LogP contribution in [0.2, 0.25) is 5.02 Å². The van der Waals surface area contributed by atoms with Gasteiger partial charge in [0.1, 0.15) is 34.9 Å². The number of hydrogen-bond acceptors (Lipinski definition) is 5. The molecule has 1 heterocycles. The highest BCUT2D eigenvalue weighted by molar-refractivity contribution is 6.30. The molecule has 1 aliphatic rings. The standard InChI is InChI=1S/C25H20ClFO5/c1-30-19-13-21(31-2)23-22(14-19)32-25(24(23)29,16-6-8-17(26)9-7-16)20(10-11-28)15-4-3-5-18(27)12-15/h3-9,11-14,20H,10H2,1-2H3/t20?,25-/m1/s1. The van der Waals surface area contributed by atoms with Crippen molar-refractivity contribution in [3.8, 4) is 17.2 Å². The Morgan fingerprint density at radius 3 is 2.47 bits per heavy atom. The third-order valence-electron chi connectivity index (χ3n) is 5.68. The Morgan fingerprint density at radius 1 is 1.09 bits per heavy atom. The van der Waals surface area contributed by atoms with Crippen LogP contribution in [0.3, 0.4) is 0 Å². The van der Waals surface area contributed by atoms with Gasteiger partial charge in [0.05, 0.1) is 14.2 Å². The number of methoxy groups -OCH3 is 2. The van der Waals surface area contributed by atoms with Crippen molar-refractivity contribution in [2.45, 2.75) is 17.9 Å². The lowest BCUT2D eigenvalue weighted by molar-refractivity contribution is -0.109. The van der Waals surface area contributed by atoms with Crippen molar-refractivity contribution in [3.05, 3.63) is 88.2 Å². The summed E-state index contributed by atoms with van der Waals surface area (Å²) in [5, 5.41) is 0.476. The Kier molecular flexibility index (Phi) is 5.89. The average molecular weight is 455 g/mol. The second-order valence-corrected chi connectivity index (χ2v) is 7.82. The maximum Gasteiger partial charge on any atom is 0.219 e. The van der Waals surface area contributed by atoms with Crippen molar-refractivity contribution in [1.82, 2.24) is 0 Å². The van der Waals surface area contributed by atoms with Gasteiger partial charge in [-0.15, -0.1) is 0 Å². The normalized spacial score (nSPS) is 17.9. The van der Waals surface area contributed by atoms with Crippen molar-refractivity contribution in [2.24, 2.45) is 0 Å². The Hall–Kier alpha value is -3.38. The highest BCUT2D eigenvalue weighted by atomic mass is 35.5. The van der Waals surface area contributed by atoms with E-state index in [1.165, 1.54) is 32.4 Å². The quantitative estimate of drug-likeness (QED) is 0.451. The van der Waals surface area contributed by atoms with Gasteiger partial charge < -0.3 is 19.0 Å². The number of carbonyl (C=O) groups is 2. The lowest BCUT2D eigenvalue weighted by Crippen LogP contribution is -2.43. The van der Waals surface area contributed by atoms with E-state index in [0.717, 1.165) is 0 Å². The van der Waals surface area contributed by atoms with Gasteiger partial charge >= 0.3 is 0 Å².